The summed E-state index contributed by atoms with van der Waals surface area (Å²) in [6.07, 6.45) is 1.17. The SMILES string of the molecule is COc1ccc(Cl)cc1NC(=O)CCNCCc1ccc(OC)c(OC)c1. The third-order valence-corrected chi connectivity index (χ3v) is 4.24. The number of amides is 1. The fourth-order valence-corrected chi connectivity index (χ4v) is 2.76. The maximum Gasteiger partial charge on any atom is 0.225 e. The first-order valence-corrected chi connectivity index (χ1v) is 9.00. The van der Waals surface area contributed by atoms with Gasteiger partial charge in [-0.1, -0.05) is 17.7 Å². The van der Waals surface area contributed by atoms with Gasteiger partial charge in [-0.25, -0.2) is 0 Å². The van der Waals surface area contributed by atoms with Crippen LogP contribution < -0.4 is 24.8 Å². The van der Waals surface area contributed by atoms with Crippen LogP contribution in [0.4, 0.5) is 5.69 Å². The summed E-state index contributed by atoms with van der Waals surface area (Å²) in [4.78, 5) is 12.1. The van der Waals surface area contributed by atoms with Gasteiger partial charge in [-0.05, 0) is 48.9 Å². The number of methoxy groups -OCH3 is 3. The molecule has 6 nitrogen and oxygen atoms in total. The zero-order valence-electron chi connectivity index (χ0n) is 15.8. The van der Waals surface area contributed by atoms with Crippen molar-refractivity contribution >= 4 is 23.2 Å². The topological polar surface area (TPSA) is 68.8 Å². The van der Waals surface area contributed by atoms with Gasteiger partial charge in [0.1, 0.15) is 5.75 Å². The Balaban J connectivity index is 1.74. The van der Waals surface area contributed by atoms with Crippen molar-refractivity contribution in [1.82, 2.24) is 5.32 Å². The molecule has 146 valence electrons. The Bertz CT molecular complexity index is 768. The van der Waals surface area contributed by atoms with E-state index in [0.29, 0.717) is 40.9 Å². The number of ether oxygens (including phenoxy) is 3. The summed E-state index contributed by atoms with van der Waals surface area (Å²) in [5.41, 5.74) is 1.70. The molecule has 0 unspecified atom stereocenters. The lowest BCUT2D eigenvalue weighted by atomic mass is 10.1. The number of rotatable bonds is 10. The van der Waals surface area contributed by atoms with Gasteiger partial charge < -0.3 is 24.8 Å². The highest BCUT2D eigenvalue weighted by molar-refractivity contribution is 6.31. The molecule has 27 heavy (non-hydrogen) atoms. The first-order chi connectivity index (χ1) is 13.1. The molecule has 0 aliphatic rings. The van der Waals surface area contributed by atoms with E-state index < -0.39 is 0 Å². The molecular weight excluding hydrogens is 368 g/mol. The first-order valence-electron chi connectivity index (χ1n) is 8.62. The van der Waals surface area contributed by atoms with E-state index in [1.54, 1.807) is 39.5 Å². The molecule has 0 heterocycles. The number of nitrogens with one attached hydrogen (secondary N) is 2. The lowest BCUT2D eigenvalue weighted by Gasteiger charge is -2.11. The zero-order chi connectivity index (χ0) is 19.6. The number of halogens is 1. The smallest absolute Gasteiger partial charge is 0.225 e. The van der Waals surface area contributed by atoms with Crippen LogP contribution in [0.15, 0.2) is 36.4 Å². The van der Waals surface area contributed by atoms with Crippen molar-refractivity contribution in [3.8, 4) is 17.2 Å². The van der Waals surface area contributed by atoms with Crippen LogP contribution in [0.5, 0.6) is 17.2 Å². The van der Waals surface area contributed by atoms with Crippen LogP contribution in [-0.4, -0.2) is 40.3 Å². The summed E-state index contributed by atoms with van der Waals surface area (Å²) < 4.78 is 15.8. The van der Waals surface area contributed by atoms with Crippen molar-refractivity contribution in [2.24, 2.45) is 0 Å². The van der Waals surface area contributed by atoms with Crippen molar-refractivity contribution in [2.45, 2.75) is 12.8 Å². The average molecular weight is 393 g/mol. The van der Waals surface area contributed by atoms with Crippen molar-refractivity contribution in [2.75, 3.05) is 39.7 Å². The van der Waals surface area contributed by atoms with E-state index in [1.807, 2.05) is 18.2 Å². The Hall–Kier alpha value is -2.44. The van der Waals surface area contributed by atoms with Gasteiger partial charge in [-0.2, -0.15) is 0 Å². The summed E-state index contributed by atoms with van der Waals surface area (Å²) >= 11 is 5.97. The second kappa shape index (κ2) is 10.6. The van der Waals surface area contributed by atoms with Gasteiger partial charge in [0.25, 0.3) is 0 Å². The molecule has 0 aliphatic heterocycles. The van der Waals surface area contributed by atoms with Crippen molar-refractivity contribution in [1.29, 1.82) is 0 Å². The van der Waals surface area contributed by atoms with E-state index in [9.17, 15) is 4.79 Å². The maximum absolute atomic E-state index is 12.1. The van der Waals surface area contributed by atoms with Crippen molar-refractivity contribution in [3.05, 3.63) is 47.0 Å². The lowest BCUT2D eigenvalue weighted by molar-refractivity contribution is -0.116. The van der Waals surface area contributed by atoms with Gasteiger partial charge in [0, 0.05) is 18.0 Å². The summed E-state index contributed by atoms with van der Waals surface area (Å²) in [7, 11) is 4.78. The number of hydrogen-bond acceptors (Lipinski definition) is 5. The third-order valence-electron chi connectivity index (χ3n) is 4.00. The predicted molar refractivity (Wildman–Crippen MR) is 107 cm³/mol. The van der Waals surface area contributed by atoms with Crippen LogP contribution in [0.1, 0.15) is 12.0 Å². The first kappa shape index (κ1) is 20.9. The average Bonchev–Trinajstić information content (AvgIpc) is 2.67. The molecule has 0 aliphatic carbocycles. The van der Waals surface area contributed by atoms with E-state index in [4.69, 9.17) is 25.8 Å². The summed E-state index contributed by atoms with van der Waals surface area (Å²) in [5, 5.41) is 6.63. The molecule has 0 atom stereocenters. The Morgan fingerprint density at radius 2 is 1.63 bits per heavy atom. The van der Waals surface area contributed by atoms with Crippen LogP contribution in [-0.2, 0) is 11.2 Å². The highest BCUT2D eigenvalue weighted by atomic mass is 35.5. The van der Waals surface area contributed by atoms with Crippen LogP contribution in [0.3, 0.4) is 0 Å². The minimum atomic E-state index is -0.103. The fraction of sp³-hybridized carbons (Fsp3) is 0.350. The molecule has 0 radical (unpaired) electrons. The summed E-state index contributed by atoms with van der Waals surface area (Å²) in [6, 6.07) is 11.0. The van der Waals surface area contributed by atoms with Gasteiger partial charge in [0.05, 0.1) is 27.0 Å². The minimum Gasteiger partial charge on any atom is -0.495 e. The van der Waals surface area contributed by atoms with E-state index in [-0.39, 0.29) is 5.91 Å². The lowest BCUT2D eigenvalue weighted by Crippen LogP contribution is -2.23. The van der Waals surface area contributed by atoms with Crippen LogP contribution in [0.2, 0.25) is 5.02 Å². The van der Waals surface area contributed by atoms with Crippen LogP contribution in [0.25, 0.3) is 0 Å². The molecule has 0 aromatic heterocycles. The summed E-state index contributed by atoms with van der Waals surface area (Å²) in [6.45, 7) is 1.32. The van der Waals surface area contributed by atoms with Gasteiger partial charge in [-0.15, -0.1) is 0 Å². The van der Waals surface area contributed by atoms with Gasteiger partial charge in [0.15, 0.2) is 11.5 Å². The molecule has 2 aromatic rings. The molecule has 0 saturated carbocycles. The molecule has 2 N–H and O–H groups in total. The highest BCUT2D eigenvalue weighted by Crippen LogP contribution is 2.28. The van der Waals surface area contributed by atoms with Crippen LogP contribution in [0, 0.1) is 0 Å². The second-order valence-corrected chi connectivity index (χ2v) is 6.27. The van der Waals surface area contributed by atoms with E-state index in [2.05, 4.69) is 10.6 Å². The van der Waals surface area contributed by atoms with Crippen molar-refractivity contribution in [3.63, 3.8) is 0 Å². The standard InChI is InChI=1S/C20H25ClN2O4/c1-25-17-7-5-15(21)13-16(17)23-20(24)9-11-22-10-8-14-4-6-18(26-2)19(12-14)27-3/h4-7,12-13,22H,8-11H2,1-3H3,(H,23,24). The van der Waals surface area contributed by atoms with Crippen LogP contribution >= 0.6 is 11.6 Å². The molecule has 0 saturated heterocycles. The van der Waals surface area contributed by atoms with Gasteiger partial charge in [0.2, 0.25) is 5.91 Å². The molecule has 1 amide bonds. The highest BCUT2D eigenvalue weighted by Gasteiger charge is 2.08. The second-order valence-electron chi connectivity index (χ2n) is 5.83. The largest absolute Gasteiger partial charge is 0.495 e. The maximum atomic E-state index is 12.1. The molecular formula is C20H25ClN2O4. The Morgan fingerprint density at radius 3 is 2.33 bits per heavy atom. The molecule has 0 bridgehead atoms. The molecule has 7 heteroatoms. The quantitative estimate of drug-likeness (QED) is 0.605. The summed E-state index contributed by atoms with van der Waals surface area (Å²) in [5.74, 6) is 1.90. The number of carbonyl (C=O) groups excluding carboxylic acids is 1. The van der Waals surface area contributed by atoms with E-state index in [0.717, 1.165) is 18.5 Å². The molecule has 0 fully saturated rings. The fourth-order valence-electron chi connectivity index (χ4n) is 2.59. The Kier molecular flexibility index (Phi) is 8.23. The van der Waals surface area contributed by atoms with Gasteiger partial charge >= 0.3 is 0 Å². The van der Waals surface area contributed by atoms with Crippen molar-refractivity contribution < 1.29 is 19.0 Å². The number of carbonyl (C=O) groups is 1. The monoisotopic (exact) mass is 392 g/mol. The van der Waals surface area contributed by atoms with E-state index >= 15 is 0 Å². The number of benzene rings is 2. The molecule has 0 spiro atoms. The Labute approximate surface area is 164 Å². The third kappa shape index (κ3) is 6.34. The number of anilines is 1. The number of hydrogen-bond donors (Lipinski definition) is 2. The Morgan fingerprint density at radius 1 is 0.926 bits per heavy atom. The molecule has 2 rings (SSSR count). The van der Waals surface area contributed by atoms with Gasteiger partial charge in [-0.3, -0.25) is 4.79 Å². The zero-order valence-corrected chi connectivity index (χ0v) is 16.6. The predicted octanol–water partition coefficient (Wildman–Crippen LogP) is 3.53. The minimum absolute atomic E-state index is 0.103. The van der Waals surface area contributed by atoms with E-state index in [1.165, 1.54) is 0 Å². The normalized spacial score (nSPS) is 10.4. The molecule has 2 aromatic carbocycles.